The summed E-state index contributed by atoms with van der Waals surface area (Å²) in [6.07, 6.45) is 5.43. The summed E-state index contributed by atoms with van der Waals surface area (Å²) < 4.78 is 0. The van der Waals surface area contributed by atoms with E-state index < -0.39 is 0 Å². The molecular formula is C23H27N5O. The second kappa shape index (κ2) is 9.78. The van der Waals surface area contributed by atoms with Crippen LogP contribution in [0.1, 0.15) is 37.1 Å². The van der Waals surface area contributed by atoms with E-state index in [9.17, 15) is 4.79 Å². The molecule has 0 saturated heterocycles. The number of carbonyl (C=O) groups excluding carboxylic acids is 1. The summed E-state index contributed by atoms with van der Waals surface area (Å²) >= 11 is 0. The molecule has 0 saturated carbocycles. The fourth-order valence-electron chi connectivity index (χ4n) is 3.06. The van der Waals surface area contributed by atoms with Gasteiger partial charge >= 0.3 is 0 Å². The van der Waals surface area contributed by atoms with Crippen LogP contribution in [0.25, 0.3) is 11.4 Å². The fourth-order valence-corrected chi connectivity index (χ4v) is 3.06. The first-order valence-corrected chi connectivity index (χ1v) is 9.86. The van der Waals surface area contributed by atoms with E-state index >= 15 is 0 Å². The smallest absolute Gasteiger partial charge is 0.220 e. The van der Waals surface area contributed by atoms with Crippen LogP contribution in [0.5, 0.6) is 0 Å². The Morgan fingerprint density at radius 2 is 1.90 bits per heavy atom. The zero-order valence-electron chi connectivity index (χ0n) is 17.2. The van der Waals surface area contributed by atoms with Gasteiger partial charge in [0.15, 0.2) is 5.82 Å². The Hall–Kier alpha value is -3.28. The highest BCUT2D eigenvalue weighted by molar-refractivity contribution is 5.76. The Morgan fingerprint density at radius 3 is 2.55 bits per heavy atom. The number of hydrogen-bond donors (Lipinski definition) is 1. The van der Waals surface area contributed by atoms with Crippen molar-refractivity contribution in [3.8, 4) is 11.4 Å². The average Bonchev–Trinajstić information content (AvgIpc) is 2.74. The first-order chi connectivity index (χ1) is 14.1. The van der Waals surface area contributed by atoms with Gasteiger partial charge in [0.2, 0.25) is 5.91 Å². The SMILES string of the molecule is CCCC(=O)NC(Cc1ccccc1)c1cc(N(C)C)nc(-c2cccnc2)n1. The minimum Gasteiger partial charge on any atom is -0.363 e. The summed E-state index contributed by atoms with van der Waals surface area (Å²) in [4.78, 5) is 28.0. The van der Waals surface area contributed by atoms with Gasteiger partial charge in [-0.3, -0.25) is 9.78 Å². The first kappa shape index (κ1) is 20.5. The molecule has 150 valence electrons. The highest BCUT2D eigenvalue weighted by Gasteiger charge is 2.19. The number of nitrogens with zero attached hydrogens (tertiary/aromatic N) is 4. The van der Waals surface area contributed by atoms with Crippen LogP contribution in [-0.2, 0) is 11.2 Å². The van der Waals surface area contributed by atoms with Gasteiger partial charge in [-0.05, 0) is 30.5 Å². The van der Waals surface area contributed by atoms with Crippen LogP contribution in [0.15, 0.2) is 60.9 Å². The van der Waals surface area contributed by atoms with Crippen molar-refractivity contribution < 1.29 is 4.79 Å². The summed E-state index contributed by atoms with van der Waals surface area (Å²) in [7, 11) is 3.89. The van der Waals surface area contributed by atoms with E-state index in [0.717, 1.165) is 29.1 Å². The van der Waals surface area contributed by atoms with Gasteiger partial charge in [-0.15, -0.1) is 0 Å². The number of rotatable bonds is 8. The number of nitrogens with one attached hydrogen (secondary N) is 1. The van der Waals surface area contributed by atoms with Gasteiger partial charge in [0.05, 0.1) is 11.7 Å². The Kier molecular flexibility index (Phi) is 6.89. The van der Waals surface area contributed by atoms with Crippen LogP contribution in [0.2, 0.25) is 0 Å². The van der Waals surface area contributed by atoms with Crippen molar-refractivity contribution in [2.75, 3.05) is 19.0 Å². The van der Waals surface area contributed by atoms with E-state index in [2.05, 4.69) is 27.4 Å². The summed E-state index contributed by atoms with van der Waals surface area (Å²) in [5, 5.41) is 3.16. The predicted molar refractivity (Wildman–Crippen MR) is 116 cm³/mol. The number of carbonyl (C=O) groups is 1. The molecule has 0 spiro atoms. The van der Waals surface area contributed by atoms with Crippen molar-refractivity contribution in [3.63, 3.8) is 0 Å². The van der Waals surface area contributed by atoms with E-state index in [1.807, 2.05) is 62.3 Å². The van der Waals surface area contributed by atoms with Crippen LogP contribution in [0.3, 0.4) is 0 Å². The number of pyridine rings is 1. The zero-order chi connectivity index (χ0) is 20.6. The van der Waals surface area contributed by atoms with Crippen molar-refractivity contribution in [1.82, 2.24) is 20.3 Å². The highest BCUT2D eigenvalue weighted by Crippen LogP contribution is 2.24. The normalized spacial score (nSPS) is 11.7. The third-order valence-electron chi connectivity index (χ3n) is 4.56. The number of hydrogen-bond acceptors (Lipinski definition) is 5. The number of amides is 1. The van der Waals surface area contributed by atoms with Crippen molar-refractivity contribution in [3.05, 3.63) is 72.2 Å². The molecule has 0 radical (unpaired) electrons. The number of anilines is 1. The Bertz CT molecular complexity index is 929. The summed E-state index contributed by atoms with van der Waals surface area (Å²) in [6, 6.07) is 15.6. The van der Waals surface area contributed by atoms with Gasteiger partial charge in [0, 0.05) is 44.5 Å². The summed E-state index contributed by atoms with van der Waals surface area (Å²) in [5.41, 5.74) is 2.77. The minimum atomic E-state index is -0.242. The molecule has 0 aliphatic rings. The molecule has 0 aliphatic heterocycles. The van der Waals surface area contributed by atoms with Gasteiger partial charge in [0.1, 0.15) is 5.82 Å². The van der Waals surface area contributed by atoms with Crippen LogP contribution < -0.4 is 10.2 Å². The summed E-state index contributed by atoms with van der Waals surface area (Å²) in [5.74, 6) is 1.42. The van der Waals surface area contributed by atoms with Crippen molar-refractivity contribution in [1.29, 1.82) is 0 Å². The fraction of sp³-hybridized carbons (Fsp3) is 0.304. The van der Waals surface area contributed by atoms with Gasteiger partial charge in [-0.25, -0.2) is 9.97 Å². The maximum atomic E-state index is 12.4. The zero-order valence-corrected chi connectivity index (χ0v) is 17.2. The van der Waals surface area contributed by atoms with Crippen LogP contribution in [-0.4, -0.2) is 35.0 Å². The maximum Gasteiger partial charge on any atom is 0.220 e. The van der Waals surface area contributed by atoms with Crippen LogP contribution >= 0.6 is 0 Å². The van der Waals surface area contributed by atoms with E-state index in [0.29, 0.717) is 18.7 Å². The Morgan fingerprint density at radius 1 is 1.10 bits per heavy atom. The predicted octanol–water partition coefficient (Wildman–Crippen LogP) is 3.80. The van der Waals surface area contributed by atoms with Crippen molar-refractivity contribution in [2.45, 2.75) is 32.2 Å². The van der Waals surface area contributed by atoms with Gasteiger partial charge < -0.3 is 10.2 Å². The molecule has 3 aromatic rings. The van der Waals surface area contributed by atoms with Gasteiger partial charge in [-0.2, -0.15) is 0 Å². The third kappa shape index (κ3) is 5.60. The lowest BCUT2D eigenvalue weighted by atomic mass is 10.0. The molecule has 6 heteroatoms. The number of aromatic nitrogens is 3. The van der Waals surface area contributed by atoms with Gasteiger partial charge in [0.25, 0.3) is 0 Å². The molecule has 0 fully saturated rings. The Balaban J connectivity index is 2.02. The second-order valence-corrected chi connectivity index (χ2v) is 7.17. The van der Waals surface area contributed by atoms with Crippen LogP contribution in [0.4, 0.5) is 5.82 Å². The van der Waals surface area contributed by atoms with E-state index in [1.165, 1.54) is 0 Å². The maximum absolute atomic E-state index is 12.4. The molecule has 1 unspecified atom stereocenters. The summed E-state index contributed by atoms with van der Waals surface area (Å²) in [6.45, 7) is 2.00. The molecule has 2 heterocycles. The first-order valence-electron chi connectivity index (χ1n) is 9.86. The monoisotopic (exact) mass is 389 g/mol. The largest absolute Gasteiger partial charge is 0.363 e. The topological polar surface area (TPSA) is 71.0 Å². The molecule has 1 atom stereocenters. The second-order valence-electron chi connectivity index (χ2n) is 7.17. The standard InChI is InChI=1S/C23H27N5O/c1-4-9-22(29)25-19(14-17-10-6-5-7-11-17)20-15-21(28(2)3)27-23(26-20)18-12-8-13-24-16-18/h5-8,10-13,15-16,19H,4,9,14H2,1-3H3,(H,25,29). The lowest BCUT2D eigenvalue weighted by Gasteiger charge is -2.21. The van der Waals surface area contributed by atoms with Crippen molar-refractivity contribution in [2.24, 2.45) is 0 Å². The Labute approximate surface area is 172 Å². The molecule has 1 aromatic carbocycles. The molecular weight excluding hydrogens is 362 g/mol. The molecule has 1 amide bonds. The molecule has 0 bridgehead atoms. The van der Waals surface area contributed by atoms with E-state index in [-0.39, 0.29) is 11.9 Å². The molecule has 3 rings (SSSR count). The third-order valence-corrected chi connectivity index (χ3v) is 4.56. The average molecular weight is 390 g/mol. The molecule has 1 N–H and O–H groups in total. The highest BCUT2D eigenvalue weighted by atomic mass is 16.1. The van der Waals surface area contributed by atoms with E-state index in [1.54, 1.807) is 12.4 Å². The van der Waals surface area contributed by atoms with E-state index in [4.69, 9.17) is 4.98 Å². The minimum absolute atomic E-state index is 0.0291. The molecule has 29 heavy (non-hydrogen) atoms. The molecule has 6 nitrogen and oxygen atoms in total. The van der Waals surface area contributed by atoms with Crippen LogP contribution in [0, 0.1) is 0 Å². The number of benzene rings is 1. The van der Waals surface area contributed by atoms with Gasteiger partial charge in [-0.1, -0.05) is 37.3 Å². The lowest BCUT2D eigenvalue weighted by molar-refractivity contribution is -0.121. The van der Waals surface area contributed by atoms with Crippen molar-refractivity contribution >= 4 is 11.7 Å². The lowest BCUT2D eigenvalue weighted by Crippen LogP contribution is -2.30. The quantitative estimate of drug-likeness (QED) is 0.634. The molecule has 0 aliphatic carbocycles. The molecule has 2 aromatic heterocycles.